The summed E-state index contributed by atoms with van der Waals surface area (Å²) in [5.41, 5.74) is 3.12. The van der Waals surface area contributed by atoms with Crippen LogP contribution in [0.15, 0.2) is 46.9 Å². The molecule has 1 unspecified atom stereocenters. The van der Waals surface area contributed by atoms with Gasteiger partial charge in [-0.3, -0.25) is 0 Å². The van der Waals surface area contributed by atoms with Gasteiger partial charge >= 0.3 is 0 Å². The van der Waals surface area contributed by atoms with E-state index in [0.29, 0.717) is 13.1 Å². The molecule has 8 heteroatoms. The third-order valence-electron chi connectivity index (χ3n) is 4.46. The molecule has 0 spiro atoms. The van der Waals surface area contributed by atoms with Crippen LogP contribution in [0.25, 0.3) is 11.3 Å². The molecular weight excluding hydrogens is 384 g/mol. The Kier molecular flexibility index (Phi) is 7.37. The monoisotopic (exact) mass is 412 g/mol. The molecule has 0 aliphatic carbocycles. The molecule has 29 heavy (non-hydrogen) atoms. The number of aromatic amines is 1. The van der Waals surface area contributed by atoms with Gasteiger partial charge in [0.1, 0.15) is 23.5 Å². The minimum Gasteiger partial charge on any atom is -0.375 e. The van der Waals surface area contributed by atoms with Crippen molar-refractivity contribution >= 4 is 17.3 Å². The van der Waals surface area contributed by atoms with Crippen LogP contribution in [0.4, 0.5) is 0 Å². The summed E-state index contributed by atoms with van der Waals surface area (Å²) >= 11 is 1.62. The second-order valence-corrected chi connectivity index (χ2v) is 7.58. The molecule has 3 rings (SSSR count). The normalized spacial score (nSPS) is 12.8. The summed E-state index contributed by atoms with van der Waals surface area (Å²) in [5.74, 6) is 1.65. The molecule has 3 aromatic rings. The Labute approximate surface area is 175 Å². The maximum absolute atomic E-state index is 5.35. The molecule has 0 radical (unpaired) electrons. The number of nitrogens with zero attached hydrogens (tertiary/aromatic N) is 4. The Morgan fingerprint density at radius 2 is 2.14 bits per heavy atom. The van der Waals surface area contributed by atoms with Crippen LogP contribution in [0, 0.1) is 0 Å². The van der Waals surface area contributed by atoms with E-state index in [9.17, 15) is 0 Å². The SMILES string of the molecule is CCNC(=NCc1ncc(-c2ccccc2)[nH]1)N(C)Cc1csc(C(C)OC)n1. The number of aromatic nitrogens is 3. The van der Waals surface area contributed by atoms with E-state index >= 15 is 0 Å². The fourth-order valence-corrected chi connectivity index (χ4v) is 3.67. The van der Waals surface area contributed by atoms with E-state index in [4.69, 9.17) is 9.73 Å². The number of methoxy groups -OCH3 is 1. The Balaban J connectivity index is 1.66. The molecule has 2 heterocycles. The summed E-state index contributed by atoms with van der Waals surface area (Å²) in [7, 11) is 3.71. The summed E-state index contributed by atoms with van der Waals surface area (Å²) in [6.45, 7) is 6.00. The molecule has 154 valence electrons. The van der Waals surface area contributed by atoms with Crippen molar-refractivity contribution in [3.8, 4) is 11.3 Å². The van der Waals surface area contributed by atoms with Crippen LogP contribution >= 0.6 is 11.3 Å². The summed E-state index contributed by atoms with van der Waals surface area (Å²) in [6, 6.07) is 10.2. The molecule has 0 amide bonds. The lowest BCUT2D eigenvalue weighted by atomic mass is 10.2. The minimum atomic E-state index is 0.0127. The van der Waals surface area contributed by atoms with Gasteiger partial charge in [-0.1, -0.05) is 30.3 Å². The molecule has 1 atom stereocenters. The first-order chi connectivity index (χ1) is 14.1. The van der Waals surface area contributed by atoms with Crippen molar-refractivity contribution in [3.05, 3.63) is 58.4 Å². The van der Waals surface area contributed by atoms with Gasteiger partial charge in [0.05, 0.1) is 24.1 Å². The minimum absolute atomic E-state index is 0.0127. The Morgan fingerprint density at radius 1 is 1.34 bits per heavy atom. The third-order valence-corrected chi connectivity index (χ3v) is 5.51. The molecule has 1 aromatic carbocycles. The van der Waals surface area contributed by atoms with Crippen LogP contribution in [-0.2, 0) is 17.8 Å². The lowest BCUT2D eigenvalue weighted by Crippen LogP contribution is -2.38. The predicted octanol–water partition coefficient (Wildman–Crippen LogP) is 3.84. The van der Waals surface area contributed by atoms with Crippen molar-refractivity contribution < 1.29 is 4.74 Å². The smallest absolute Gasteiger partial charge is 0.194 e. The Bertz CT molecular complexity index is 920. The number of rotatable bonds is 8. The quantitative estimate of drug-likeness (QED) is 0.434. The van der Waals surface area contributed by atoms with Gasteiger partial charge in [0.25, 0.3) is 0 Å². The summed E-state index contributed by atoms with van der Waals surface area (Å²) in [4.78, 5) is 19.3. The second-order valence-electron chi connectivity index (χ2n) is 6.69. The van der Waals surface area contributed by atoms with E-state index in [2.05, 4.69) is 49.6 Å². The summed E-state index contributed by atoms with van der Waals surface area (Å²) in [6.07, 6.45) is 1.86. The second kappa shape index (κ2) is 10.2. The van der Waals surface area contributed by atoms with Crippen LogP contribution in [0.1, 0.15) is 36.5 Å². The Hall–Kier alpha value is -2.71. The number of H-pyrrole nitrogens is 1. The number of imidazole rings is 1. The van der Waals surface area contributed by atoms with Crippen molar-refractivity contribution in [2.24, 2.45) is 4.99 Å². The van der Waals surface area contributed by atoms with Gasteiger partial charge in [0.2, 0.25) is 0 Å². The molecule has 0 saturated heterocycles. The number of hydrogen-bond donors (Lipinski definition) is 2. The van der Waals surface area contributed by atoms with Crippen molar-refractivity contribution in [3.63, 3.8) is 0 Å². The van der Waals surface area contributed by atoms with Crippen LogP contribution in [-0.4, -0.2) is 46.5 Å². The molecule has 2 N–H and O–H groups in total. The number of ether oxygens (including phenoxy) is 1. The number of thiazole rings is 1. The highest BCUT2D eigenvalue weighted by Crippen LogP contribution is 2.21. The van der Waals surface area contributed by atoms with E-state index in [1.807, 2.05) is 38.4 Å². The van der Waals surface area contributed by atoms with E-state index in [0.717, 1.165) is 40.3 Å². The zero-order chi connectivity index (χ0) is 20.6. The fourth-order valence-electron chi connectivity index (χ4n) is 2.83. The topological polar surface area (TPSA) is 78.4 Å². The highest BCUT2D eigenvalue weighted by atomic mass is 32.1. The summed E-state index contributed by atoms with van der Waals surface area (Å²) in [5, 5.41) is 6.40. The van der Waals surface area contributed by atoms with Crippen molar-refractivity contribution in [2.75, 3.05) is 20.7 Å². The van der Waals surface area contributed by atoms with Crippen LogP contribution in [0.5, 0.6) is 0 Å². The predicted molar refractivity (Wildman–Crippen MR) is 118 cm³/mol. The van der Waals surface area contributed by atoms with E-state index < -0.39 is 0 Å². The molecule has 0 aliphatic heterocycles. The van der Waals surface area contributed by atoms with E-state index in [1.54, 1.807) is 18.4 Å². The fraction of sp³-hybridized carbons (Fsp3) is 0.381. The van der Waals surface area contributed by atoms with Crippen molar-refractivity contribution in [1.82, 2.24) is 25.2 Å². The van der Waals surface area contributed by atoms with Gasteiger partial charge in [-0.15, -0.1) is 11.3 Å². The maximum Gasteiger partial charge on any atom is 0.194 e. The first kappa shape index (κ1) is 21.0. The number of benzene rings is 1. The highest BCUT2D eigenvalue weighted by Gasteiger charge is 2.13. The molecular formula is C21H28N6OS. The van der Waals surface area contributed by atoms with Crippen LogP contribution < -0.4 is 5.32 Å². The zero-order valence-electron chi connectivity index (χ0n) is 17.3. The average molecular weight is 413 g/mol. The Morgan fingerprint density at radius 3 is 2.86 bits per heavy atom. The molecule has 2 aromatic heterocycles. The van der Waals surface area contributed by atoms with Gasteiger partial charge in [-0.05, 0) is 19.4 Å². The van der Waals surface area contributed by atoms with Gasteiger partial charge in [-0.25, -0.2) is 15.0 Å². The molecule has 7 nitrogen and oxygen atoms in total. The molecule has 0 fully saturated rings. The third kappa shape index (κ3) is 5.65. The van der Waals surface area contributed by atoms with Crippen LogP contribution in [0.2, 0.25) is 0 Å². The standard InChI is InChI=1S/C21H28N6OS/c1-5-22-21(27(3)13-17-14-29-20(25-17)15(2)28-4)24-12-19-23-11-18(26-19)16-9-7-6-8-10-16/h6-11,14-15H,5,12-13H2,1-4H3,(H,22,24)(H,23,26). The lowest BCUT2D eigenvalue weighted by Gasteiger charge is -2.21. The van der Waals surface area contributed by atoms with Gasteiger partial charge in [-0.2, -0.15) is 0 Å². The largest absolute Gasteiger partial charge is 0.375 e. The lowest BCUT2D eigenvalue weighted by molar-refractivity contribution is 0.119. The summed E-state index contributed by atoms with van der Waals surface area (Å²) < 4.78 is 5.35. The first-order valence-electron chi connectivity index (χ1n) is 9.66. The molecule has 0 saturated carbocycles. The van der Waals surface area contributed by atoms with Gasteiger partial charge in [0, 0.05) is 26.1 Å². The van der Waals surface area contributed by atoms with Crippen molar-refractivity contribution in [2.45, 2.75) is 33.0 Å². The van der Waals surface area contributed by atoms with E-state index in [-0.39, 0.29) is 6.10 Å². The van der Waals surface area contributed by atoms with Gasteiger partial charge < -0.3 is 19.9 Å². The maximum atomic E-state index is 5.35. The highest BCUT2D eigenvalue weighted by molar-refractivity contribution is 7.09. The average Bonchev–Trinajstić information content (AvgIpc) is 3.41. The van der Waals surface area contributed by atoms with E-state index in [1.165, 1.54) is 0 Å². The number of aliphatic imine (C=N–C) groups is 1. The number of guanidine groups is 1. The molecule has 0 aliphatic rings. The van der Waals surface area contributed by atoms with Gasteiger partial charge in [0.15, 0.2) is 5.96 Å². The number of hydrogen-bond acceptors (Lipinski definition) is 5. The van der Waals surface area contributed by atoms with Crippen LogP contribution in [0.3, 0.4) is 0 Å². The molecule has 0 bridgehead atoms. The first-order valence-corrected chi connectivity index (χ1v) is 10.5. The number of nitrogens with one attached hydrogen (secondary N) is 2. The zero-order valence-corrected chi connectivity index (χ0v) is 18.2. The van der Waals surface area contributed by atoms with Crippen molar-refractivity contribution in [1.29, 1.82) is 0 Å².